The molecule has 18 heavy (non-hydrogen) atoms. The standard InChI is InChI=1S/C14H26N2OS/c1-2-9-15-12-5-3-4-6-13(12)18-10-14(17)16-11-7-8-11/h11-13,15H,2-10H2,1H3,(H,16,17). The highest BCUT2D eigenvalue weighted by molar-refractivity contribution is 8.00. The van der Waals surface area contributed by atoms with Crippen LogP contribution >= 0.6 is 11.8 Å². The van der Waals surface area contributed by atoms with Gasteiger partial charge in [-0.2, -0.15) is 0 Å². The van der Waals surface area contributed by atoms with Gasteiger partial charge in [0, 0.05) is 17.3 Å². The first kappa shape index (κ1) is 14.2. The van der Waals surface area contributed by atoms with Crippen LogP contribution in [0.4, 0.5) is 0 Å². The van der Waals surface area contributed by atoms with Crippen LogP contribution in [0.1, 0.15) is 51.9 Å². The highest BCUT2D eigenvalue weighted by Crippen LogP contribution is 2.29. The van der Waals surface area contributed by atoms with Gasteiger partial charge in [0.25, 0.3) is 0 Å². The van der Waals surface area contributed by atoms with Crippen molar-refractivity contribution in [2.45, 2.75) is 69.2 Å². The molecule has 0 aromatic heterocycles. The fourth-order valence-corrected chi connectivity index (χ4v) is 3.79. The van der Waals surface area contributed by atoms with E-state index < -0.39 is 0 Å². The van der Waals surface area contributed by atoms with Crippen LogP contribution in [-0.2, 0) is 4.79 Å². The molecule has 1 amide bonds. The number of hydrogen-bond acceptors (Lipinski definition) is 3. The lowest BCUT2D eigenvalue weighted by atomic mass is 9.95. The first-order valence-electron chi connectivity index (χ1n) is 7.44. The van der Waals surface area contributed by atoms with Crippen LogP contribution < -0.4 is 10.6 Å². The molecule has 0 saturated heterocycles. The van der Waals surface area contributed by atoms with Crippen molar-refractivity contribution in [1.29, 1.82) is 0 Å². The average Bonchev–Trinajstić information content (AvgIpc) is 3.18. The second-order valence-corrected chi connectivity index (χ2v) is 6.76. The van der Waals surface area contributed by atoms with Crippen molar-refractivity contribution >= 4 is 17.7 Å². The predicted molar refractivity (Wildman–Crippen MR) is 78.0 cm³/mol. The maximum Gasteiger partial charge on any atom is 0.230 e. The molecule has 2 aliphatic rings. The van der Waals surface area contributed by atoms with Crippen molar-refractivity contribution in [3.05, 3.63) is 0 Å². The smallest absolute Gasteiger partial charge is 0.230 e. The number of nitrogens with one attached hydrogen (secondary N) is 2. The normalized spacial score (nSPS) is 28.1. The minimum absolute atomic E-state index is 0.238. The molecule has 0 aliphatic heterocycles. The highest BCUT2D eigenvalue weighted by Gasteiger charge is 2.27. The molecule has 0 aromatic rings. The van der Waals surface area contributed by atoms with Crippen LogP contribution in [0.2, 0.25) is 0 Å². The summed E-state index contributed by atoms with van der Waals surface area (Å²) in [5.74, 6) is 0.883. The van der Waals surface area contributed by atoms with E-state index in [1.807, 2.05) is 11.8 Å². The molecule has 2 aliphatic carbocycles. The first-order chi connectivity index (χ1) is 8.79. The van der Waals surface area contributed by atoms with Crippen molar-refractivity contribution in [3.8, 4) is 0 Å². The highest BCUT2D eigenvalue weighted by atomic mass is 32.2. The van der Waals surface area contributed by atoms with Crippen LogP contribution in [-0.4, -0.2) is 35.5 Å². The van der Waals surface area contributed by atoms with Crippen LogP contribution in [0, 0.1) is 0 Å². The quantitative estimate of drug-likeness (QED) is 0.746. The van der Waals surface area contributed by atoms with Gasteiger partial charge in [-0.1, -0.05) is 19.8 Å². The van der Waals surface area contributed by atoms with Gasteiger partial charge in [0.05, 0.1) is 5.75 Å². The van der Waals surface area contributed by atoms with Crippen molar-refractivity contribution in [2.24, 2.45) is 0 Å². The average molecular weight is 270 g/mol. The predicted octanol–water partition coefficient (Wildman–Crippen LogP) is 2.31. The van der Waals surface area contributed by atoms with Gasteiger partial charge >= 0.3 is 0 Å². The van der Waals surface area contributed by atoms with E-state index >= 15 is 0 Å². The molecule has 2 N–H and O–H groups in total. The van der Waals surface area contributed by atoms with Crippen molar-refractivity contribution in [3.63, 3.8) is 0 Å². The number of rotatable bonds is 7. The lowest BCUT2D eigenvalue weighted by molar-refractivity contribution is -0.118. The van der Waals surface area contributed by atoms with Gasteiger partial charge in [-0.3, -0.25) is 4.79 Å². The zero-order valence-corrected chi connectivity index (χ0v) is 12.2. The molecule has 2 rings (SSSR count). The van der Waals surface area contributed by atoms with E-state index in [0.717, 1.165) is 6.54 Å². The summed E-state index contributed by atoms with van der Waals surface area (Å²) >= 11 is 1.86. The monoisotopic (exact) mass is 270 g/mol. The Bertz CT molecular complexity index is 269. The van der Waals surface area contributed by atoms with Gasteiger partial charge < -0.3 is 10.6 Å². The maximum atomic E-state index is 11.7. The lowest BCUT2D eigenvalue weighted by Gasteiger charge is -2.31. The molecule has 0 bridgehead atoms. The largest absolute Gasteiger partial charge is 0.353 e. The van der Waals surface area contributed by atoms with Gasteiger partial charge in [-0.15, -0.1) is 11.8 Å². The maximum absolute atomic E-state index is 11.7. The SMILES string of the molecule is CCCNC1CCCCC1SCC(=O)NC1CC1. The second-order valence-electron chi connectivity index (χ2n) is 5.54. The molecule has 104 valence electrons. The third-order valence-electron chi connectivity index (χ3n) is 3.73. The third kappa shape index (κ3) is 4.81. The third-order valence-corrected chi connectivity index (χ3v) is 5.15. The summed E-state index contributed by atoms with van der Waals surface area (Å²) < 4.78 is 0. The van der Waals surface area contributed by atoms with Crippen LogP contribution in [0.5, 0.6) is 0 Å². The molecular weight excluding hydrogens is 244 g/mol. The molecule has 3 nitrogen and oxygen atoms in total. The van der Waals surface area contributed by atoms with Crippen molar-refractivity contribution in [1.82, 2.24) is 10.6 Å². The lowest BCUT2D eigenvalue weighted by Crippen LogP contribution is -2.41. The minimum Gasteiger partial charge on any atom is -0.353 e. The molecule has 2 atom stereocenters. The number of carbonyl (C=O) groups excluding carboxylic acids is 1. The zero-order chi connectivity index (χ0) is 12.8. The van der Waals surface area contributed by atoms with Gasteiger partial charge in [0.1, 0.15) is 0 Å². The Morgan fingerprint density at radius 2 is 2.00 bits per heavy atom. The second kappa shape index (κ2) is 7.39. The van der Waals surface area contributed by atoms with E-state index in [2.05, 4.69) is 17.6 Å². The van der Waals surface area contributed by atoms with Crippen molar-refractivity contribution in [2.75, 3.05) is 12.3 Å². The van der Waals surface area contributed by atoms with Crippen molar-refractivity contribution < 1.29 is 4.79 Å². The molecular formula is C14H26N2OS. The van der Waals surface area contributed by atoms with E-state index in [1.54, 1.807) is 0 Å². The Hall–Kier alpha value is -0.220. The summed E-state index contributed by atoms with van der Waals surface area (Å²) in [5.41, 5.74) is 0. The fourth-order valence-electron chi connectivity index (χ4n) is 2.54. The summed E-state index contributed by atoms with van der Waals surface area (Å²) in [7, 11) is 0. The van der Waals surface area contributed by atoms with E-state index in [-0.39, 0.29) is 5.91 Å². The number of carbonyl (C=O) groups is 1. The Morgan fingerprint density at radius 1 is 1.22 bits per heavy atom. The summed E-state index contributed by atoms with van der Waals surface area (Å²) in [6.07, 6.45) is 8.76. The molecule has 4 heteroatoms. The van der Waals surface area contributed by atoms with E-state index in [4.69, 9.17) is 0 Å². The Labute approximate surface area is 115 Å². The summed E-state index contributed by atoms with van der Waals surface area (Å²) in [6, 6.07) is 1.12. The molecule has 0 radical (unpaired) electrons. The molecule has 2 saturated carbocycles. The van der Waals surface area contributed by atoms with Gasteiger partial charge in [0.2, 0.25) is 5.91 Å². The van der Waals surface area contributed by atoms with Gasteiger partial charge in [-0.05, 0) is 38.6 Å². The number of amides is 1. The molecule has 2 fully saturated rings. The molecule has 2 unspecified atom stereocenters. The topological polar surface area (TPSA) is 41.1 Å². The molecule has 0 spiro atoms. The minimum atomic E-state index is 0.238. The Morgan fingerprint density at radius 3 is 2.72 bits per heavy atom. The zero-order valence-electron chi connectivity index (χ0n) is 11.4. The summed E-state index contributed by atoms with van der Waals surface area (Å²) in [4.78, 5) is 11.7. The van der Waals surface area contributed by atoms with Crippen LogP contribution in [0.15, 0.2) is 0 Å². The summed E-state index contributed by atoms with van der Waals surface area (Å²) in [6.45, 7) is 3.32. The van der Waals surface area contributed by atoms with E-state index in [0.29, 0.717) is 23.1 Å². The molecule has 0 heterocycles. The van der Waals surface area contributed by atoms with Gasteiger partial charge in [0.15, 0.2) is 0 Å². The van der Waals surface area contributed by atoms with E-state index in [9.17, 15) is 4.79 Å². The van der Waals surface area contributed by atoms with Crippen LogP contribution in [0.3, 0.4) is 0 Å². The van der Waals surface area contributed by atoms with Gasteiger partial charge in [-0.25, -0.2) is 0 Å². The fraction of sp³-hybridized carbons (Fsp3) is 0.929. The van der Waals surface area contributed by atoms with Crippen LogP contribution in [0.25, 0.3) is 0 Å². The Balaban J connectivity index is 1.68. The number of thioether (sulfide) groups is 1. The Kier molecular flexibility index (Phi) is 5.83. The summed E-state index contributed by atoms with van der Waals surface area (Å²) in [5, 5.41) is 7.35. The van der Waals surface area contributed by atoms with E-state index in [1.165, 1.54) is 44.9 Å². The first-order valence-corrected chi connectivity index (χ1v) is 8.49. The molecule has 0 aromatic carbocycles. The number of hydrogen-bond donors (Lipinski definition) is 2.